The van der Waals surface area contributed by atoms with Gasteiger partial charge in [-0.1, -0.05) is 65.2 Å². The van der Waals surface area contributed by atoms with Gasteiger partial charge in [0.1, 0.15) is 0 Å². The van der Waals surface area contributed by atoms with Gasteiger partial charge in [-0.25, -0.2) is 0 Å². The lowest BCUT2D eigenvalue weighted by Gasteiger charge is -2.31. The van der Waals surface area contributed by atoms with Gasteiger partial charge in [0.25, 0.3) is 0 Å². The van der Waals surface area contributed by atoms with E-state index in [-0.39, 0.29) is 47.7 Å². The van der Waals surface area contributed by atoms with Crippen LogP contribution in [0.25, 0.3) is 0 Å². The summed E-state index contributed by atoms with van der Waals surface area (Å²) in [5.41, 5.74) is 3.60. The molecule has 0 N–H and O–H groups in total. The first-order valence-electron chi connectivity index (χ1n) is 8.90. The Bertz CT molecular complexity index is 571. The number of rotatable bonds is 6. The van der Waals surface area contributed by atoms with Crippen LogP contribution >= 0.6 is 0 Å². The zero-order valence-electron chi connectivity index (χ0n) is 17.1. The fourth-order valence-corrected chi connectivity index (χ4v) is 3.62. The summed E-state index contributed by atoms with van der Waals surface area (Å²) in [6, 6.07) is 4.43. The first-order chi connectivity index (χ1) is 11.4. The lowest BCUT2D eigenvalue weighted by Crippen LogP contribution is -2.30. The first kappa shape index (κ1) is 22.7. The molecule has 1 aromatic rings. The summed E-state index contributed by atoms with van der Waals surface area (Å²) in [5, 5.41) is 0. The maximum absolute atomic E-state index is 12.1. The van der Waals surface area contributed by atoms with Gasteiger partial charge in [-0.05, 0) is 33.9 Å². The molecule has 6 heteroatoms. The van der Waals surface area contributed by atoms with Crippen LogP contribution in [-0.4, -0.2) is 48.7 Å². The molecule has 3 nitrogen and oxygen atoms in total. The molecule has 1 aromatic carbocycles. The van der Waals surface area contributed by atoms with Crippen LogP contribution in [-0.2, 0) is 22.0 Å². The molecule has 0 aliphatic rings. The summed E-state index contributed by atoms with van der Waals surface area (Å²) in [7, 11) is 5.75. The van der Waals surface area contributed by atoms with E-state index in [1.54, 1.807) is 0 Å². The zero-order chi connectivity index (χ0) is 19.4. The van der Waals surface area contributed by atoms with Gasteiger partial charge >= 0.3 is 31.0 Å². The highest BCUT2D eigenvalue weighted by molar-refractivity contribution is 6.46. The smallest absolute Gasteiger partial charge is 0.519 e. The molecule has 0 aromatic heterocycles. The number of nitrogens with zero attached hydrogens (tertiary/aromatic N) is 1. The van der Waals surface area contributed by atoms with Crippen LogP contribution in [0, 0.1) is 0 Å². The Morgan fingerprint density at radius 3 is 1.92 bits per heavy atom. The normalized spacial score (nSPS) is 11.8. The molecule has 132 valence electrons. The van der Waals surface area contributed by atoms with Crippen molar-refractivity contribution in [2.24, 2.45) is 0 Å². The number of carbonyl (C=O) groups excluding carboxylic acids is 1. The Labute approximate surface area is 168 Å². The fraction of sp³-hybridized carbons (Fsp3) is 0.632. The molecule has 0 unspecified atom stereocenters. The molecular formula is C19H30Al2BNO2. The van der Waals surface area contributed by atoms with Crippen molar-refractivity contribution in [1.82, 2.24) is 3.79 Å². The minimum atomic E-state index is -0.170. The average molecular weight is 369 g/mol. The topological polar surface area (TPSA) is 29.5 Å². The summed E-state index contributed by atoms with van der Waals surface area (Å²) in [6.45, 7) is 13.3. The molecule has 25 heavy (non-hydrogen) atoms. The van der Waals surface area contributed by atoms with Crippen molar-refractivity contribution in [3.8, 4) is 5.75 Å². The third-order valence-corrected chi connectivity index (χ3v) is 5.51. The lowest BCUT2D eigenvalue weighted by atomic mass is 9.78. The molecule has 0 aliphatic carbocycles. The molecule has 0 heterocycles. The maximum Gasteiger partial charge on any atom is 0.519 e. The van der Waals surface area contributed by atoms with E-state index >= 15 is 0 Å². The maximum atomic E-state index is 12.1. The van der Waals surface area contributed by atoms with Crippen molar-refractivity contribution in [1.29, 1.82) is 0 Å². The van der Waals surface area contributed by atoms with Crippen LogP contribution in [0.3, 0.4) is 0 Å². The van der Waals surface area contributed by atoms with Crippen LogP contribution in [0.1, 0.15) is 64.7 Å². The SMILES string of the molecule is [B][N]([Al][CH3])C(=O)CCc1cc(C(C)(C)C)c([O][Al][CH3])c(C(C)(C)C)c1. The standard InChI is InChI=1S/C17H25BNO2.2CH3.2Al/c1-16(2,3)12-9-11(7-8-14(20)19-18)10-13(15(12)21)17(4,5)6;;;;/h9-10H,7-8H2,1-6H3,(H-,19,20,21);2*1H3;;/q-1;;;2*+1/p-1. The van der Waals surface area contributed by atoms with Crippen molar-refractivity contribution in [3.63, 3.8) is 0 Å². The lowest BCUT2D eigenvalue weighted by molar-refractivity contribution is -0.123. The molecule has 0 fully saturated rings. The van der Waals surface area contributed by atoms with Gasteiger partial charge in [-0.15, -0.1) is 0 Å². The fourth-order valence-electron chi connectivity index (χ4n) is 2.72. The van der Waals surface area contributed by atoms with Crippen LogP contribution in [0.15, 0.2) is 12.1 Å². The number of aryl methyl sites for hydroxylation is 1. The molecule has 0 saturated carbocycles. The third kappa shape index (κ3) is 6.37. The van der Waals surface area contributed by atoms with Crippen LogP contribution in [0.4, 0.5) is 0 Å². The second-order valence-electron chi connectivity index (χ2n) is 8.43. The van der Waals surface area contributed by atoms with E-state index < -0.39 is 0 Å². The van der Waals surface area contributed by atoms with E-state index in [0.717, 1.165) is 5.75 Å². The van der Waals surface area contributed by atoms with Crippen molar-refractivity contribution in [2.75, 3.05) is 0 Å². The quantitative estimate of drug-likeness (QED) is 0.714. The van der Waals surface area contributed by atoms with E-state index in [4.69, 9.17) is 11.8 Å². The largest absolute Gasteiger partial charge is 0.648 e. The monoisotopic (exact) mass is 369 g/mol. The van der Waals surface area contributed by atoms with Crippen LogP contribution < -0.4 is 3.79 Å². The number of hydrogen-bond donors (Lipinski definition) is 0. The molecule has 0 atom stereocenters. The second-order valence-corrected chi connectivity index (χ2v) is 10.2. The summed E-state index contributed by atoms with van der Waals surface area (Å²) >= 11 is -0.253. The number of amides is 1. The van der Waals surface area contributed by atoms with Gasteiger partial charge in [0.2, 0.25) is 0 Å². The van der Waals surface area contributed by atoms with Crippen molar-refractivity contribution < 1.29 is 8.58 Å². The van der Waals surface area contributed by atoms with E-state index in [9.17, 15) is 4.79 Å². The summed E-state index contributed by atoms with van der Waals surface area (Å²) in [5.74, 6) is 5.12. The van der Waals surface area contributed by atoms with Crippen molar-refractivity contribution in [2.45, 2.75) is 76.8 Å². The third-order valence-electron chi connectivity index (χ3n) is 4.19. The molecule has 0 saturated heterocycles. The first-order valence-corrected chi connectivity index (χ1v) is 12.2. The Kier molecular flexibility index (Phi) is 8.17. The molecule has 0 aliphatic heterocycles. The predicted molar refractivity (Wildman–Crippen MR) is 109 cm³/mol. The number of benzene rings is 1. The minimum absolute atomic E-state index is 0.0164. The predicted octanol–water partition coefficient (Wildman–Crippen LogP) is 3.84. The Hall–Kier alpha value is -0.380. The summed E-state index contributed by atoms with van der Waals surface area (Å²) in [6.07, 6.45) is 1.15. The van der Waals surface area contributed by atoms with Gasteiger partial charge in [-0.3, -0.25) is 4.79 Å². The molecular weight excluding hydrogens is 339 g/mol. The number of hydrogen-bond acceptors (Lipinski definition) is 2. The van der Waals surface area contributed by atoms with Gasteiger partial charge in [0, 0.05) is 6.42 Å². The van der Waals surface area contributed by atoms with E-state index in [2.05, 4.69) is 59.5 Å². The Balaban J connectivity index is 3.34. The minimum Gasteiger partial charge on any atom is -0.648 e. The Morgan fingerprint density at radius 1 is 1.08 bits per heavy atom. The second kappa shape index (κ2) is 9.01. The van der Waals surface area contributed by atoms with Crippen molar-refractivity contribution in [3.05, 3.63) is 28.8 Å². The van der Waals surface area contributed by atoms with Gasteiger partial charge in [0.05, 0.1) is 5.75 Å². The highest BCUT2D eigenvalue weighted by atomic mass is 27.1. The summed E-state index contributed by atoms with van der Waals surface area (Å²) < 4.78 is 7.52. The van der Waals surface area contributed by atoms with E-state index in [0.29, 0.717) is 12.8 Å². The van der Waals surface area contributed by atoms with Gasteiger partial charge in [-0.2, -0.15) is 0 Å². The molecule has 4 radical (unpaired) electrons. The molecule has 0 bridgehead atoms. The van der Waals surface area contributed by atoms with Gasteiger partial charge in [0.15, 0.2) is 13.9 Å². The highest BCUT2D eigenvalue weighted by Gasteiger charge is 2.27. The number of carbonyl (C=O) groups is 1. The van der Waals surface area contributed by atoms with Gasteiger partial charge < -0.3 is 7.58 Å². The van der Waals surface area contributed by atoms with Crippen LogP contribution in [0.5, 0.6) is 5.75 Å². The Morgan fingerprint density at radius 2 is 1.56 bits per heavy atom. The average Bonchev–Trinajstić information content (AvgIpc) is 2.50. The summed E-state index contributed by atoms with van der Waals surface area (Å²) in [4.78, 5) is 12.1. The van der Waals surface area contributed by atoms with Crippen molar-refractivity contribution >= 4 is 44.9 Å². The van der Waals surface area contributed by atoms with Crippen LogP contribution in [0.2, 0.25) is 11.6 Å². The zero-order valence-corrected chi connectivity index (χ0v) is 19.4. The molecule has 1 amide bonds. The van der Waals surface area contributed by atoms with E-state index in [1.165, 1.54) is 20.5 Å². The highest BCUT2D eigenvalue weighted by Crippen LogP contribution is 2.40. The molecule has 1 rings (SSSR count). The van der Waals surface area contributed by atoms with E-state index in [1.807, 2.05) is 5.79 Å². The molecule has 0 spiro atoms.